The van der Waals surface area contributed by atoms with Crippen molar-refractivity contribution in [3.05, 3.63) is 0 Å². The lowest BCUT2D eigenvalue weighted by molar-refractivity contribution is 0.100. The normalized spacial score (nSPS) is 39.5. The number of hydrogen-bond donors (Lipinski definition) is 0. The SMILES string of the molecule is C#CC1CC(C2CCC2)C1. The second kappa shape index (κ2) is 2.31. The monoisotopic (exact) mass is 134 g/mol. The zero-order valence-electron chi connectivity index (χ0n) is 6.34. The van der Waals surface area contributed by atoms with Crippen LogP contribution in [0.3, 0.4) is 0 Å². The zero-order chi connectivity index (χ0) is 6.97. The fourth-order valence-corrected chi connectivity index (χ4v) is 2.09. The predicted octanol–water partition coefficient (Wildman–Crippen LogP) is 2.45. The van der Waals surface area contributed by atoms with Crippen LogP contribution in [0.4, 0.5) is 0 Å². The summed E-state index contributed by atoms with van der Waals surface area (Å²) in [6.07, 6.45) is 12.4. The van der Waals surface area contributed by atoms with E-state index in [1.165, 1.54) is 32.1 Å². The molecule has 2 aliphatic carbocycles. The van der Waals surface area contributed by atoms with Crippen molar-refractivity contribution < 1.29 is 0 Å². The Morgan fingerprint density at radius 2 is 1.80 bits per heavy atom. The summed E-state index contributed by atoms with van der Waals surface area (Å²) in [6.45, 7) is 0. The first kappa shape index (κ1) is 6.28. The Balaban J connectivity index is 1.75. The van der Waals surface area contributed by atoms with E-state index < -0.39 is 0 Å². The topological polar surface area (TPSA) is 0 Å². The molecule has 2 aliphatic rings. The van der Waals surface area contributed by atoms with Crippen molar-refractivity contribution in [3.63, 3.8) is 0 Å². The van der Waals surface area contributed by atoms with Crippen molar-refractivity contribution in [1.82, 2.24) is 0 Å². The average Bonchev–Trinajstić information content (AvgIpc) is 1.72. The molecule has 2 saturated carbocycles. The van der Waals surface area contributed by atoms with Crippen LogP contribution < -0.4 is 0 Å². The highest BCUT2D eigenvalue weighted by molar-refractivity contribution is 5.02. The van der Waals surface area contributed by atoms with Crippen molar-refractivity contribution in [2.24, 2.45) is 17.8 Å². The summed E-state index contributed by atoms with van der Waals surface area (Å²) in [5.41, 5.74) is 0. The summed E-state index contributed by atoms with van der Waals surface area (Å²) in [4.78, 5) is 0. The van der Waals surface area contributed by atoms with Gasteiger partial charge in [0.25, 0.3) is 0 Å². The maximum absolute atomic E-state index is 5.31. The highest BCUT2D eigenvalue weighted by Gasteiger charge is 2.36. The molecule has 0 heterocycles. The van der Waals surface area contributed by atoms with Crippen molar-refractivity contribution in [2.45, 2.75) is 32.1 Å². The molecule has 0 heteroatoms. The van der Waals surface area contributed by atoms with Gasteiger partial charge in [0.2, 0.25) is 0 Å². The van der Waals surface area contributed by atoms with Crippen LogP contribution in [0.1, 0.15) is 32.1 Å². The Hall–Kier alpha value is -0.440. The summed E-state index contributed by atoms with van der Waals surface area (Å²) < 4.78 is 0. The molecule has 0 aromatic carbocycles. The first-order chi connectivity index (χ1) is 4.90. The molecule has 0 N–H and O–H groups in total. The summed E-state index contributed by atoms with van der Waals surface area (Å²) in [5, 5.41) is 0. The van der Waals surface area contributed by atoms with Gasteiger partial charge in [-0.1, -0.05) is 19.3 Å². The summed E-state index contributed by atoms with van der Waals surface area (Å²) in [7, 11) is 0. The van der Waals surface area contributed by atoms with Gasteiger partial charge in [-0.05, 0) is 24.7 Å². The van der Waals surface area contributed by atoms with Crippen molar-refractivity contribution in [3.8, 4) is 12.3 Å². The van der Waals surface area contributed by atoms with Crippen LogP contribution in [0.5, 0.6) is 0 Å². The van der Waals surface area contributed by atoms with Crippen LogP contribution >= 0.6 is 0 Å². The predicted molar refractivity (Wildman–Crippen MR) is 42.4 cm³/mol. The molecule has 0 nitrogen and oxygen atoms in total. The molecule has 0 aliphatic heterocycles. The molecule has 0 atom stereocenters. The Morgan fingerprint density at radius 1 is 1.10 bits per heavy atom. The van der Waals surface area contributed by atoms with Gasteiger partial charge in [-0.15, -0.1) is 12.3 Å². The highest BCUT2D eigenvalue weighted by atomic mass is 14.4. The zero-order valence-corrected chi connectivity index (χ0v) is 6.34. The molecule has 0 amide bonds. The van der Waals surface area contributed by atoms with Crippen molar-refractivity contribution in [2.75, 3.05) is 0 Å². The van der Waals surface area contributed by atoms with Gasteiger partial charge < -0.3 is 0 Å². The standard InChI is InChI=1S/C10H14/c1-2-8-6-10(7-8)9-4-3-5-9/h1,8-10H,3-7H2. The third-order valence-corrected chi connectivity index (χ3v) is 3.23. The molecule has 10 heavy (non-hydrogen) atoms. The third-order valence-electron chi connectivity index (χ3n) is 3.23. The van der Waals surface area contributed by atoms with E-state index in [1.54, 1.807) is 0 Å². The van der Waals surface area contributed by atoms with E-state index in [0.29, 0.717) is 5.92 Å². The molecule has 2 fully saturated rings. The van der Waals surface area contributed by atoms with Crippen molar-refractivity contribution in [1.29, 1.82) is 0 Å². The molecular weight excluding hydrogens is 120 g/mol. The van der Waals surface area contributed by atoms with Crippen LogP contribution in [0, 0.1) is 30.1 Å². The maximum Gasteiger partial charge on any atom is 0.0205 e. The minimum absolute atomic E-state index is 0.644. The fraction of sp³-hybridized carbons (Fsp3) is 0.800. The van der Waals surface area contributed by atoms with Gasteiger partial charge in [0, 0.05) is 5.92 Å². The van der Waals surface area contributed by atoms with Crippen LogP contribution in [0.25, 0.3) is 0 Å². The lowest BCUT2D eigenvalue weighted by Crippen LogP contribution is -2.32. The summed E-state index contributed by atoms with van der Waals surface area (Å²) in [5.74, 6) is 5.58. The van der Waals surface area contributed by atoms with Gasteiger partial charge in [-0.2, -0.15) is 0 Å². The molecular formula is C10H14. The molecule has 0 aromatic rings. The van der Waals surface area contributed by atoms with Gasteiger partial charge in [0.15, 0.2) is 0 Å². The summed E-state index contributed by atoms with van der Waals surface area (Å²) >= 11 is 0. The van der Waals surface area contributed by atoms with E-state index >= 15 is 0 Å². The largest absolute Gasteiger partial charge is 0.120 e. The lowest BCUT2D eigenvalue weighted by Gasteiger charge is -2.42. The summed E-state index contributed by atoms with van der Waals surface area (Å²) in [6, 6.07) is 0. The third kappa shape index (κ3) is 0.850. The molecule has 2 rings (SSSR count). The molecule has 0 saturated heterocycles. The minimum Gasteiger partial charge on any atom is -0.120 e. The average molecular weight is 134 g/mol. The Kier molecular flexibility index (Phi) is 1.45. The van der Waals surface area contributed by atoms with E-state index in [9.17, 15) is 0 Å². The van der Waals surface area contributed by atoms with Crippen LogP contribution in [-0.2, 0) is 0 Å². The molecule has 0 aromatic heterocycles. The molecule has 0 spiro atoms. The van der Waals surface area contributed by atoms with Gasteiger partial charge >= 0.3 is 0 Å². The first-order valence-corrected chi connectivity index (χ1v) is 4.36. The highest BCUT2D eigenvalue weighted by Crippen LogP contribution is 2.46. The van der Waals surface area contributed by atoms with E-state index in [1.807, 2.05) is 0 Å². The smallest absolute Gasteiger partial charge is 0.0205 e. The van der Waals surface area contributed by atoms with E-state index in [0.717, 1.165) is 11.8 Å². The minimum atomic E-state index is 0.644. The van der Waals surface area contributed by atoms with Crippen molar-refractivity contribution >= 4 is 0 Å². The van der Waals surface area contributed by atoms with Gasteiger partial charge in [0.05, 0.1) is 0 Å². The fourth-order valence-electron chi connectivity index (χ4n) is 2.09. The number of hydrogen-bond acceptors (Lipinski definition) is 0. The molecule has 0 unspecified atom stereocenters. The van der Waals surface area contributed by atoms with E-state index in [-0.39, 0.29) is 0 Å². The first-order valence-electron chi connectivity index (χ1n) is 4.36. The van der Waals surface area contributed by atoms with Gasteiger partial charge in [-0.3, -0.25) is 0 Å². The maximum atomic E-state index is 5.31. The lowest BCUT2D eigenvalue weighted by atomic mass is 9.63. The second-order valence-corrected chi connectivity index (χ2v) is 3.79. The van der Waals surface area contributed by atoms with E-state index in [2.05, 4.69) is 5.92 Å². The second-order valence-electron chi connectivity index (χ2n) is 3.79. The molecule has 54 valence electrons. The Bertz CT molecular complexity index is 153. The van der Waals surface area contributed by atoms with Crippen LogP contribution in [-0.4, -0.2) is 0 Å². The van der Waals surface area contributed by atoms with Gasteiger partial charge in [-0.25, -0.2) is 0 Å². The van der Waals surface area contributed by atoms with Crippen LogP contribution in [0.15, 0.2) is 0 Å². The number of rotatable bonds is 1. The quantitative estimate of drug-likeness (QED) is 0.483. The molecule has 0 bridgehead atoms. The Morgan fingerprint density at radius 3 is 2.20 bits per heavy atom. The van der Waals surface area contributed by atoms with Gasteiger partial charge in [0.1, 0.15) is 0 Å². The van der Waals surface area contributed by atoms with E-state index in [4.69, 9.17) is 6.42 Å². The number of terminal acetylenes is 1. The van der Waals surface area contributed by atoms with Crippen LogP contribution in [0.2, 0.25) is 0 Å². The Labute approximate surface area is 63.0 Å². The molecule has 0 radical (unpaired) electrons.